The molecule has 4 nitrogen and oxygen atoms in total. The average molecular weight is 310 g/mol. The SMILES string of the molecule is COCC(F)(F)c1cc([N+](=O)[O-])cc(Br)c1C. The molecule has 0 aromatic heterocycles. The molecule has 0 spiro atoms. The third-order valence-electron chi connectivity index (χ3n) is 2.26. The molecule has 0 N–H and O–H groups in total. The molecule has 7 heteroatoms. The Morgan fingerprint density at radius 3 is 2.59 bits per heavy atom. The molecule has 0 saturated carbocycles. The van der Waals surface area contributed by atoms with Crippen molar-refractivity contribution in [3.8, 4) is 0 Å². The largest absolute Gasteiger partial charge is 0.378 e. The molecule has 0 atom stereocenters. The minimum atomic E-state index is -3.26. The van der Waals surface area contributed by atoms with Crippen LogP contribution < -0.4 is 0 Å². The van der Waals surface area contributed by atoms with Crippen molar-refractivity contribution in [2.45, 2.75) is 12.8 Å². The quantitative estimate of drug-likeness (QED) is 0.632. The summed E-state index contributed by atoms with van der Waals surface area (Å²) in [5, 5.41) is 10.6. The van der Waals surface area contributed by atoms with Crippen molar-refractivity contribution < 1.29 is 18.4 Å². The lowest BCUT2D eigenvalue weighted by molar-refractivity contribution is -0.385. The van der Waals surface area contributed by atoms with Gasteiger partial charge in [-0.1, -0.05) is 15.9 Å². The number of nitrogens with zero attached hydrogens (tertiary/aromatic N) is 1. The van der Waals surface area contributed by atoms with Crippen molar-refractivity contribution in [3.63, 3.8) is 0 Å². The molecule has 1 aromatic carbocycles. The molecule has 0 aliphatic carbocycles. The minimum absolute atomic E-state index is 0.262. The summed E-state index contributed by atoms with van der Waals surface area (Å²) >= 11 is 3.03. The van der Waals surface area contributed by atoms with E-state index in [9.17, 15) is 18.9 Å². The summed E-state index contributed by atoms with van der Waals surface area (Å²) < 4.78 is 32.0. The van der Waals surface area contributed by atoms with E-state index < -0.39 is 23.0 Å². The van der Waals surface area contributed by atoms with Crippen molar-refractivity contribution in [2.24, 2.45) is 0 Å². The molecule has 17 heavy (non-hydrogen) atoms. The second-order valence-corrected chi connectivity index (χ2v) is 4.35. The average Bonchev–Trinajstić information content (AvgIpc) is 2.21. The van der Waals surface area contributed by atoms with E-state index in [0.717, 1.165) is 13.2 Å². The van der Waals surface area contributed by atoms with E-state index in [-0.39, 0.29) is 15.7 Å². The van der Waals surface area contributed by atoms with Gasteiger partial charge in [-0.05, 0) is 12.5 Å². The van der Waals surface area contributed by atoms with Crippen LogP contribution in [0.15, 0.2) is 16.6 Å². The summed E-state index contributed by atoms with van der Waals surface area (Å²) in [5.74, 6) is -3.26. The van der Waals surface area contributed by atoms with Gasteiger partial charge in [-0.3, -0.25) is 10.1 Å². The summed E-state index contributed by atoms with van der Waals surface area (Å²) in [7, 11) is 1.15. The van der Waals surface area contributed by atoms with Gasteiger partial charge in [0.05, 0.1) is 4.92 Å². The standard InChI is InChI=1S/C10H10BrF2NO3/c1-6-8(10(12,13)5-17-2)3-7(14(15)16)4-9(6)11/h3-4H,5H2,1-2H3. The van der Waals surface area contributed by atoms with E-state index in [4.69, 9.17) is 0 Å². The van der Waals surface area contributed by atoms with Gasteiger partial charge in [-0.25, -0.2) is 0 Å². The van der Waals surface area contributed by atoms with Gasteiger partial charge in [0.25, 0.3) is 11.6 Å². The zero-order chi connectivity index (χ0) is 13.2. The third kappa shape index (κ3) is 2.98. The molecule has 94 valence electrons. The number of methoxy groups -OCH3 is 1. The topological polar surface area (TPSA) is 52.4 Å². The number of halogens is 3. The Morgan fingerprint density at radius 1 is 1.53 bits per heavy atom. The monoisotopic (exact) mass is 309 g/mol. The summed E-state index contributed by atoms with van der Waals surface area (Å²) in [4.78, 5) is 9.90. The van der Waals surface area contributed by atoms with Crippen LogP contribution in [0.3, 0.4) is 0 Å². The Bertz CT molecular complexity index is 451. The minimum Gasteiger partial charge on any atom is -0.378 e. The molecule has 0 fully saturated rings. The molecule has 0 amide bonds. The number of benzene rings is 1. The molecular formula is C10H10BrF2NO3. The smallest absolute Gasteiger partial charge is 0.296 e. The Morgan fingerprint density at radius 2 is 2.12 bits per heavy atom. The molecule has 0 saturated heterocycles. The molecule has 0 heterocycles. The van der Waals surface area contributed by atoms with Gasteiger partial charge in [-0.15, -0.1) is 0 Å². The van der Waals surface area contributed by atoms with Crippen LogP contribution in [0.25, 0.3) is 0 Å². The van der Waals surface area contributed by atoms with Crippen molar-refractivity contribution in [3.05, 3.63) is 37.8 Å². The maximum atomic E-state index is 13.7. The molecule has 0 aliphatic heterocycles. The predicted octanol–water partition coefficient (Wildman–Crippen LogP) is 3.40. The number of non-ortho nitro benzene ring substituents is 1. The van der Waals surface area contributed by atoms with Crippen molar-refractivity contribution in [2.75, 3.05) is 13.7 Å². The maximum Gasteiger partial charge on any atom is 0.296 e. The van der Waals surface area contributed by atoms with E-state index in [1.165, 1.54) is 13.0 Å². The van der Waals surface area contributed by atoms with Crippen molar-refractivity contribution in [1.29, 1.82) is 0 Å². The highest BCUT2D eigenvalue weighted by atomic mass is 79.9. The number of rotatable bonds is 4. The Balaban J connectivity index is 3.36. The van der Waals surface area contributed by atoms with E-state index >= 15 is 0 Å². The fraction of sp³-hybridized carbons (Fsp3) is 0.400. The van der Waals surface area contributed by atoms with Crippen LogP contribution in [0.4, 0.5) is 14.5 Å². The van der Waals surface area contributed by atoms with Crippen LogP contribution >= 0.6 is 15.9 Å². The van der Waals surface area contributed by atoms with E-state index in [0.29, 0.717) is 0 Å². The normalized spacial score (nSPS) is 11.6. The van der Waals surface area contributed by atoms with Gasteiger partial charge in [0, 0.05) is 29.3 Å². The van der Waals surface area contributed by atoms with Crippen molar-refractivity contribution >= 4 is 21.6 Å². The van der Waals surface area contributed by atoms with Crippen LogP contribution in [-0.2, 0) is 10.7 Å². The van der Waals surface area contributed by atoms with Gasteiger partial charge in [0.15, 0.2) is 0 Å². The van der Waals surface area contributed by atoms with E-state index in [1.807, 2.05) is 0 Å². The second kappa shape index (κ2) is 5.05. The van der Waals surface area contributed by atoms with Gasteiger partial charge in [0.2, 0.25) is 0 Å². The van der Waals surface area contributed by atoms with Crippen LogP contribution in [-0.4, -0.2) is 18.6 Å². The summed E-state index contributed by atoms with van der Waals surface area (Å²) in [6, 6.07) is 2.07. The van der Waals surface area contributed by atoms with E-state index in [1.54, 1.807) is 0 Å². The van der Waals surface area contributed by atoms with Crippen molar-refractivity contribution in [1.82, 2.24) is 0 Å². The number of hydrogen-bond acceptors (Lipinski definition) is 3. The predicted molar refractivity (Wildman–Crippen MR) is 61.3 cm³/mol. The molecule has 1 rings (SSSR count). The third-order valence-corrected chi connectivity index (χ3v) is 3.08. The molecule has 0 aliphatic rings. The Kier molecular flexibility index (Phi) is 4.16. The van der Waals surface area contributed by atoms with E-state index in [2.05, 4.69) is 20.7 Å². The zero-order valence-electron chi connectivity index (χ0n) is 9.17. The summed E-state index contributed by atoms with van der Waals surface area (Å²) in [5.41, 5.74) is -0.522. The first kappa shape index (κ1) is 14.0. The molecule has 1 aromatic rings. The highest BCUT2D eigenvalue weighted by Crippen LogP contribution is 2.36. The second-order valence-electron chi connectivity index (χ2n) is 3.49. The summed E-state index contributed by atoms with van der Waals surface area (Å²) in [6.07, 6.45) is 0. The molecule has 0 radical (unpaired) electrons. The van der Waals surface area contributed by atoms with Crippen LogP contribution in [0.5, 0.6) is 0 Å². The van der Waals surface area contributed by atoms with Crippen LogP contribution in [0, 0.1) is 17.0 Å². The lowest BCUT2D eigenvalue weighted by atomic mass is 10.0. The van der Waals surface area contributed by atoms with Crippen LogP contribution in [0.1, 0.15) is 11.1 Å². The van der Waals surface area contributed by atoms with Gasteiger partial charge >= 0.3 is 0 Å². The Labute approximate surface area is 105 Å². The zero-order valence-corrected chi connectivity index (χ0v) is 10.8. The first-order valence-corrected chi connectivity index (χ1v) is 5.40. The van der Waals surface area contributed by atoms with Gasteiger partial charge in [-0.2, -0.15) is 8.78 Å². The lowest BCUT2D eigenvalue weighted by Gasteiger charge is -2.18. The number of ether oxygens (including phenoxy) is 1. The van der Waals surface area contributed by atoms with Crippen LogP contribution in [0.2, 0.25) is 0 Å². The molecular weight excluding hydrogens is 300 g/mol. The Hall–Kier alpha value is -1.08. The first-order valence-electron chi connectivity index (χ1n) is 4.61. The van der Waals surface area contributed by atoms with Gasteiger partial charge in [0.1, 0.15) is 6.61 Å². The lowest BCUT2D eigenvalue weighted by Crippen LogP contribution is -2.21. The molecule has 0 unspecified atom stereocenters. The number of hydrogen-bond donors (Lipinski definition) is 0. The number of nitro groups is 1. The highest BCUT2D eigenvalue weighted by molar-refractivity contribution is 9.10. The van der Waals surface area contributed by atoms with Gasteiger partial charge < -0.3 is 4.74 Å². The highest BCUT2D eigenvalue weighted by Gasteiger charge is 2.35. The number of alkyl halides is 2. The first-order chi connectivity index (χ1) is 7.79. The maximum absolute atomic E-state index is 13.7. The fourth-order valence-corrected chi connectivity index (χ4v) is 1.86. The summed E-state index contributed by atoms with van der Waals surface area (Å²) in [6.45, 7) is 0.647. The molecule has 0 bridgehead atoms. The fourth-order valence-electron chi connectivity index (χ4n) is 1.41. The number of nitro benzene ring substituents is 1.